The maximum atomic E-state index is 6.04. The van der Waals surface area contributed by atoms with E-state index in [0.29, 0.717) is 6.04 Å². The van der Waals surface area contributed by atoms with Gasteiger partial charge in [0.25, 0.3) is 0 Å². The SMILES string of the molecule is CC(C)N(Cc1ccccc1)Cc1ccccc1N. The summed E-state index contributed by atoms with van der Waals surface area (Å²) >= 11 is 0. The van der Waals surface area contributed by atoms with Crippen LogP contribution in [0, 0.1) is 0 Å². The maximum absolute atomic E-state index is 6.04. The Bertz CT molecular complexity index is 506. The zero-order valence-corrected chi connectivity index (χ0v) is 11.7. The Morgan fingerprint density at radius 2 is 1.53 bits per heavy atom. The number of benzene rings is 2. The van der Waals surface area contributed by atoms with Crippen LogP contribution in [-0.4, -0.2) is 10.9 Å². The molecule has 0 aromatic heterocycles. The van der Waals surface area contributed by atoms with Gasteiger partial charge in [-0.2, -0.15) is 0 Å². The molecule has 100 valence electrons. The van der Waals surface area contributed by atoms with Crippen molar-refractivity contribution in [3.8, 4) is 0 Å². The molecule has 0 atom stereocenters. The second-order valence-electron chi connectivity index (χ2n) is 5.18. The molecule has 2 rings (SSSR count). The Morgan fingerprint density at radius 3 is 2.16 bits per heavy atom. The van der Waals surface area contributed by atoms with E-state index in [1.165, 1.54) is 11.1 Å². The zero-order valence-electron chi connectivity index (χ0n) is 11.7. The summed E-state index contributed by atoms with van der Waals surface area (Å²) in [5.41, 5.74) is 9.45. The summed E-state index contributed by atoms with van der Waals surface area (Å²) in [4.78, 5) is 2.43. The van der Waals surface area contributed by atoms with Crippen LogP contribution in [0.2, 0.25) is 0 Å². The summed E-state index contributed by atoms with van der Waals surface area (Å²) in [6.45, 7) is 6.29. The van der Waals surface area contributed by atoms with Gasteiger partial charge in [-0.25, -0.2) is 0 Å². The number of para-hydroxylation sites is 1. The number of nitrogen functional groups attached to an aromatic ring is 1. The van der Waals surface area contributed by atoms with Crippen molar-refractivity contribution in [3.63, 3.8) is 0 Å². The van der Waals surface area contributed by atoms with Crippen LogP contribution in [0.15, 0.2) is 54.6 Å². The van der Waals surface area contributed by atoms with Crippen molar-refractivity contribution in [1.82, 2.24) is 4.90 Å². The Hall–Kier alpha value is -1.80. The second kappa shape index (κ2) is 6.39. The van der Waals surface area contributed by atoms with Crippen LogP contribution in [-0.2, 0) is 13.1 Å². The van der Waals surface area contributed by atoms with Crippen LogP contribution in [0.1, 0.15) is 25.0 Å². The summed E-state index contributed by atoms with van der Waals surface area (Å²) < 4.78 is 0. The average molecular weight is 254 g/mol. The van der Waals surface area contributed by atoms with Gasteiger partial charge < -0.3 is 5.73 Å². The Kier molecular flexibility index (Phi) is 4.58. The van der Waals surface area contributed by atoms with Crippen LogP contribution in [0.3, 0.4) is 0 Å². The minimum Gasteiger partial charge on any atom is -0.398 e. The molecule has 19 heavy (non-hydrogen) atoms. The first kappa shape index (κ1) is 13.6. The normalized spacial score (nSPS) is 11.2. The van der Waals surface area contributed by atoms with E-state index in [1.807, 2.05) is 18.2 Å². The van der Waals surface area contributed by atoms with Gasteiger partial charge >= 0.3 is 0 Å². The molecule has 0 radical (unpaired) electrons. The molecule has 0 amide bonds. The monoisotopic (exact) mass is 254 g/mol. The highest BCUT2D eigenvalue weighted by molar-refractivity contribution is 5.46. The molecular formula is C17H22N2. The third-order valence-electron chi connectivity index (χ3n) is 3.39. The molecule has 0 heterocycles. The summed E-state index contributed by atoms with van der Waals surface area (Å²) in [6, 6.07) is 19.2. The van der Waals surface area contributed by atoms with Crippen molar-refractivity contribution in [1.29, 1.82) is 0 Å². The lowest BCUT2D eigenvalue weighted by atomic mass is 10.1. The third-order valence-corrected chi connectivity index (χ3v) is 3.39. The first-order valence-electron chi connectivity index (χ1n) is 6.78. The second-order valence-corrected chi connectivity index (χ2v) is 5.18. The van der Waals surface area contributed by atoms with Crippen molar-refractivity contribution < 1.29 is 0 Å². The molecule has 2 heteroatoms. The van der Waals surface area contributed by atoms with E-state index in [2.05, 4.69) is 55.1 Å². The molecule has 0 saturated carbocycles. The van der Waals surface area contributed by atoms with Crippen LogP contribution in [0.4, 0.5) is 5.69 Å². The summed E-state index contributed by atoms with van der Waals surface area (Å²) in [6.07, 6.45) is 0. The number of nitrogens with zero attached hydrogens (tertiary/aromatic N) is 1. The van der Waals surface area contributed by atoms with Crippen LogP contribution < -0.4 is 5.73 Å². The lowest BCUT2D eigenvalue weighted by molar-refractivity contribution is 0.204. The number of anilines is 1. The van der Waals surface area contributed by atoms with Crippen LogP contribution in [0.5, 0.6) is 0 Å². The topological polar surface area (TPSA) is 29.3 Å². The molecule has 0 fully saturated rings. The molecule has 0 aliphatic heterocycles. The summed E-state index contributed by atoms with van der Waals surface area (Å²) in [7, 11) is 0. The van der Waals surface area contributed by atoms with Gasteiger partial charge in [0.15, 0.2) is 0 Å². The molecule has 2 N–H and O–H groups in total. The van der Waals surface area contributed by atoms with E-state index >= 15 is 0 Å². The van der Waals surface area contributed by atoms with Gasteiger partial charge in [0.2, 0.25) is 0 Å². The fourth-order valence-electron chi connectivity index (χ4n) is 2.14. The smallest absolute Gasteiger partial charge is 0.0359 e. The fraction of sp³-hybridized carbons (Fsp3) is 0.294. The Morgan fingerprint density at radius 1 is 0.895 bits per heavy atom. The highest BCUT2D eigenvalue weighted by atomic mass is 15.1. The molecule has 0 bridgehead atoms. The lowest BCUT2D eigenvalue weighted by Crippen LogP contribution is -2.30. The summed E-state index contributed by atoms with van der Waals surface area (Å²) in [5, 5.41) is 0. The standard InChI is InChI=1S/C17H22N2/c1-14(2)19(12-15-8-4-3-5-9-15)13-16-10-6-7-11-17(16)18/h3-11,14H,12-13,18H2,1-2H3. The minimum atomic E-state index is 0.486. The first-order valence-corrected chi connectivity index (χ1v) is 6.78. The van der Waals surface area contributed by atoms with Crippen molar-refractivity contribution >= 4 is 5.69 Å². The number of hydrogen-bond donors (Lipinski definition) is 1. The summed E-state index contributed by atoms with van der Waals surface area (Å²) in [5.74, 6) is 0. The molecule has 0 saturated heterocycles. The van der Waals surface area contributed by atoms with E-state index in [1.54, 1.807) is 0 Å². The van der Waals surface area contributed by atoms with Crippen molar-refractivity contribution in [2.24, 2.45) is 0 Å². The predicted octanol–water partition coefficient (Wildman–Crippen LogP) is 3.68. The molecule has 2 aromatic carbocycles. The minimum absolute atomic E-state index is 0.486. The van der Waals surface area contributed by atoms with E-state index < -0.39 is 0 Å². The molecule has 0 unspecified atom stereocenters. The highest BCUT2D eigenvalue weighted by Crippen LogP contribution is 2.17. The number of nitrogens with two attached hydrogens (primary N) is 1. The van der Waals surface area contributed by atoms with Gasteiger partial charge in [-0.15, -0.1) is 0 Å². The van der Waals surface area contributed by atoms with E-state index in [4.69, 9.17) is 5.73 Å². The molecule has 0 aliphatic rings. The van der Waals surface area contributed by atoms with Crippen LogP contribution >= 0.6 is 0 Å². The molecule has 2 nitrogen and oxygen atoms in total. The van der Waals surface area contributed by atoms with E-state index in [0.717, 1.165) is 18.8 Å². The third kappa shape index (κ3) is 3.83. The van der Waals surface area contributed by atoms with Gasteiger partial charge in [-0.05, 0) is 31.0 Å². The predicted molar refractivity (Wildman–Crippen MR) is 81.7 cm³/mol. The van der Waals surface area contributed by atoms with Gasteiger partial charge in [0, 0.05) is 24.8 Å². The van der Waals surface area contributed by atoms with Crippen LogP contribution in [0.25, 0.3) is 0 Å². The Labute approximate surface area is 115 Å². The molecule has 0 spiro atoms. The first-order chi connectivity index (χ1) is 9.16. The molecule has 2 aromatic rings. The highest BCUT2D eigenvalue weighted by Gasteiger charge is 2.12. The molecular weight excluding hydrogens is 232 g/mol. The Balaban J connectivity index is 2.11. The van der Waals surface area contributed by atoms with Gasteiger partial charge in [0.05, 0.1) is 0 Å². The zero-order chi connectivity index (χ0) is 13.7. The van der Waals surface area contributed by atoms with Crippen molar-refractivity contribution in [2.75, 3.05) is 5.73 Å². The number of hydrogen-bond acceptors (Lipinski definition) is 2. The van der Waals surface area contributed by atoms with E-state index in [9.17, 15) is 0 Å². The van der Waals surface area contributed by atoms with Gasteiger partial charge in [-0.1, -0.05) is 48.5 Å². The lowest BCUT2D eigenvalue weighted by Gasteiger charge is -2.27. The van der Waals surface area contributed by atoms with Gasteiger partial charge in [0.1, 0.15) is 0 Å². The quantitative estimate of drug-likeness (QED) is 0.825. The molecule has 0 aliphatic carbocycles. The van der Waals surface area contributed by atoms with E-state index in [-0.39, 0.29) is 0 Å². The number of rotatable bonds is 5. The van der Waals surface area contributed by atoms with Crippen molar-refractivity contribution in [2.45, 2.75) is 33.0 Å². The largest absolute Gasteiger partial charge is 0.398 e. The van der Waals surface area contributed by atoms with Crippen molar-refractivity contribution in [3.05, 3.63) is 65.7 Å². The average Bonchev–Trinajstić information content (AvgIpc) is 2.41. The maximum Gasteiger partial charge on any atom is 0.0359 e. The fourth-order valence-corrected chi connectivity index (χ4v) is 2.14. The van der Waals surface area contributed by atoms with Gasteiger partial charge in [-0.3, -0.25) is 4.90 Å².